The lowest BCUT2D eigenvalue weighted by atomic mass is 9.84. The van der Waals surface area contributed by atoms with Crippen LogP contribution in [0.1, 0.15) is 47.2 Å². The molecular weight excluding hydrogens is 538 g/mol. The number of ether oxygens (including phenoxy) is 1. The van der Waals surface area contributed by atoms with Crippen molar-refractivity contribution < 1.29 is 14.3 Å². The number of piperidine rings is 1. The number of rotatable bonds is 10. The molecule has 0 aliphatic carbocycles. The van der Waals surface area contributed by atoms with Crippen molar-refractivity contribution in [3.63, 3.8) is 0 Å². The SMILES string of the molecule is COC(=O)[C@@H]1C[C@H](C(=O)NC(C)(Cc2ccc(C#N)cc2)c2cnc[nH]2)CN(CC(c2ccccc2)c2ccccc2)C1. The number of likely N-dealkylation sites (tertiary alicyclic amines) is 1. The van der Waals surface area contributed by atoms with Crippen LogP contribution in [0.5, 0.6) is 0 Å². The summed E-state index contributed by atoms with van der Waals surface area (Å²) in [6.07, 6.45) is 4.22. The first-order valence-corrected chi connectivity index (χ1v) is 14.6. The number of carbonyl (C=O) groups is 2. The average Bonchev–Trinajstić information content (AvgIpc) is 3.61. The second kappa shape index (κ2) is 13.5. The van der Waals surface area contributed by atoms with E-state index in [9.17, 15) is 14.9 Å². The molecule has 2 N–H and O–H groups in total. The third-order valence-electron chi connectivity index (χ3n) is 8.41. The van der Waals surface area contributed by atoms with Gasteiger partial charge in [-0.2, -0.15) is 5.26 Å². The molecule has 1 aliphatic heterocycles. The molecule has 0 radical (unpaired) electrons. The number of esters is 1. The predicted octanol–water partition coefficient (Wildman–Crippen LogP) is 4.80. The average molecular weight is 576 g/mol. The normalized spacial score (nSPS) is 18.4. The molecule has 0 spiro atoms. The Bertz CT molecular complexity index is 1490. The zero-order chi connectivity index (χ0) is 30.2. The molecule has 5 rings (SSSR count). The molecule has 1 aliphatic rings. The Labute approximate surface area is 252 Å². The quantitative estimate of drug-likeness (QED) is 0.263. The summed E-state index contributed by atoms with van der Waals surface area (Å²) in [5, 5.41) is 12.5. The second-order valence-corrected chi connectivity index (χ2v) is 11.5. The molecule has 1 amide bonds. The number of aromatic amines is 1. The van der Waals surface area contributed by atoms with Gasteiger partial charge in [0.1, 0.15) is 0 Å². The molecule has 1 unspecified atom stereocenters. The van der Waals surface area contributed by atoms with Crippen LogP contribution in [-0.4, -0.2) is 53.5 Å². The molecule has 4 aromatic rings. The van der Waals surface area contributed by atoms with E-state index in [-0.39, 0.29) is 17.8 Å². The first-order valence-electron chi connectivity index (χ1n) is 14.6. The number of hydrogen-bond acceptors (Lipinski definition) is 6. The molecular formula is C35H37N5O3. The molecule has 8 nitrogen and oxygen atoms in total. The fourth-order valence-corrected chi connectivity index (χ4v) is 6.14. The van der Waals surface area contributed by atoms with E-state index in [1.165, 1.54) is 18.2 Å². The number of nitrogens with zero attached hydrogens (tertiary/aromatic N) is 3. The van der Waals surface area contributed by atoms with Crippen molar-refractivity contribution in [1.82, 2.24) is 20.2 Å². The standard InChI is InChI=1S/C35H37N5O3/c1-35(32-20-37-24-38-32,18-25-13-15-26(19-36)16-14-25)39-33(41)29-17-30(34(42)43-2)22-40(21-29)23-31(27-9-5-3-6-10-27)28-11-7-4-8-12-28/h3-16,20,24,29-31H,17-18,21-23H2,1-2H3,(H,37,38)(H,39,41)/t29-,30+,35?/m0/s1. The maximum Gasteiger partial charge on any atom is 0.309 e. The molecule has 2 heterocycles. The van der Waals surface area contributed by atoms with Gasteiger partial charge in [0.15, 0.2) is 0 Å². The summed E-state index contributed by atoms with van der Waals surface area (Å²) < 4.78 is 5.16. The summed E-state index contributed by atoms with van der Waals surface area (Å²) in [6, 6.07) is 30.2. The Morgan fingerprint density at radius 1 is 1.02 bits per heavy atom. The molecule has 1 fully saturated rings. The van der Waals surface area contributed by atoms with Gasteiger partial charge in [0.2, 0.25) is 5.91 Å². The van der Waals surface area contributed by atoms with Gasteiger partial charge in [-0.1, -0.05) is 72.8 Å². The Hall–Kier alpha value is -4.74. The van der Waals surface area contributed by atoms with Crippen molar-refractivity contribution in [3.8, 4) is 6.07 Å². The van der Waals surface area contributed by atoms with E-state index in [1.54, 1.807) is 24.7 Å². The highest BCUT2D eigenvalue weighted by molar-refractivity contribution is 5.81. The number of benzene rings is 3. The number of nitriles is 1. The van der Waals surface area contributed by atoms with Crippen molar-refractivity contribution in [1.29, 1.82) is 5.26 Å². The molecule has 220 valence electrons. The topological polar surface area (TPSA) is 111 Å². The number of H-pyrrole nitrogens is 1. The zero-order valence-corrected chi connectivity index (χ0v) is 24.6. The first-order chi connectivity index (χ1) is 20.9. The molecule has 3 atom stereocenters. The summed E-state index contributed by atoms with van der Waals surface area (Å²) in [5.41, 5.74) is 3.91. The van der Waals surface area contributed by atoms with Crippen LogP contribution in [0.25, 0.3) is 0 Å². The van der Waals surface area contributed by atoms with Crippen molar-refractivity contribution in [2.24, 2.45) is 11.8 Å². The van der Waals surface area contributed by atoms with E-state index in [2.05, 4.69) is 50.5 Å². The van der Waals surface area contributed by atoms with Crippen LogP contribution in [0.3, 0.4) is 0 Å². The highest BCUT2D eigenvalue weighted by Gasteiger charge is 2.39. The maximum absolute atomic E-state index is 14.1. The lowest BCUT2D eigenvalue weighted by molar-refractivity contribution is -0.149. The van der Waals surface area contributed by atoms with Gasteiger partial charge >= 0.3 is 5.97 Å². The van der Waals surface area contributed by atoms with Gasteiger partial charge in [-0.3, -0.25) is 9.59 Å². The minimum absolute atomic E-state index is 0.0779. The summed E-state index contributed by atoms with van der Waals surface area (Å²) >= 11 is 0. The fraction of sp³-hybridized carbons (Fsp3) is 0.314. The van der Waals surface area contributed by atoms with Crippen LogP contribution in [0.2, 0.25) is 0 Å². The van der Waals surface area contributed by atoms with E-state index >= 15 is 0 Å². The summed E-state index contributed by atoms with van der Waals surface area (Å²) in [7, 11) is 1.40. The monoisotopic (exact) mass is 575 g/mol. The van der Waals surface area contributed by atoms with Gasteiger partial charge in [0.05, 0.1) is 54.3 Å². The van der Waals surface area contributed by atoms with E-state index in [0.29, 0.717) is 38.0 Å². The third kappa shape index (κ3) is 7.19. The zero-order valence-electron chi connectivity index (χ0n) is 24.6. The van der Waals surface area contributed by atoms with Crippen molar-refractivity contribution in [2.75, 3.05) is 26.7 Å². The molecule has 43 heavy (non-hydrogen) atoms. The summed E-state index contributed by atoms with van der Waals surface area (Å²) in [4.78, 5) is 36.5. The van der Waals surface area contributed by atoms with Gasteiger partial charge in [0.25, 0.3) is 0 Å². The molecule has 8 heteroatoms. The predicted molar refractivity (Wildman–Crippen MR) is 164 cm³/mol. The highest BCUT2D eigenvalue weighted by Crippen LogP contribution is 2.31. The number of hydrogen-bond donors (Lipinski definition) is 2. The van der Waals surface area contributed by atoms with E-state index in [4.69, 9.17) is 4.74 Å². The number of imidazole rings is 1. The highest BCUT2D eigenvalue weighted by atomic mass is 16.5. The Morgan fingerprint density at radius 3 is 2.21 bits per heavy atom. The van der Waals surface area contributed by atoms with Gasteiger partial charge in [-0.05, 0) is 42.2 Å². The lowest BCUT2D eigenvalue weighted by Crippen LogP contribution is -2.53. The van der Waals surface area contributed by atoms with Gasteiger partial charge < -0.3 is 19.9 Å². The van der Waals surface area contributed by atoms with E-state index < -0.39 is 17.4 Å². The minimum Gasteiger partial charge on any atom is -0.469 e. The molecule has 0 bridgehead atoms. The van der Waals surface area contributed by atoms with Crippen LogP contribution in [0.15, 0.2) is 97.5 Å². The maximum atomic E-state index is 14.1. The molecule has 1 aromatic heterocycles. The number of carbonyl (C=O) groups excluding carboxylic acids is 2. The number of aromatic nitrogens is 2. The molecule has 0 saturated carbocycles. The fourth-order valence-electron chi connectivity index (χ4n) is 6.14. The number of amides is 1. The van der Waals surface area contributed by atoms with Gasteiger partial charge in [-0.25, -0.2) is 4.98 Å². The van der Waals surface area contributed by atoms with Crippen molar-refractivity contribution in [3.05, 3.63) is 125 Å². The molecule has 1 saturated heterocycles. The largest absolute Gasteiger partial charge is 0.469 e. The van der Waals surface area contributed by atoms with Gasteiger partial charge in [0, 0.05) is 32.0 Å². The Kier molecular flexibility index (Phi) is 9.33. The van der Waals surface area contributed by atoms with Crippen molar-refractivity contribution in [2.45, 2.75) is 31.2 Å². The van der Waals surface area contributed by atoms with E-state index in [1.807, 2.05) is 55.5 Å². The lowest BCUT2D eigenvalue weighted by Gasteiger charge is -2.39. The Morgan fingerprint density at radius 2 is 1.65 bits per heavy atom. The summed E-state index contributed by atoms with van der Waals surface area (Å²) in [5.74, 6) is -1.19. The van der Waals surface area contributed by atoms with Crippen LogP contribution in [0, 0.1) is 23.2 Å². The van der Waals surface area contributed by atoms with Gasteiger partial charge in [-0.15, -0.1) is 0 Å². The van der Waals surface area contributed by atoms with Crippen LogP contribution >= 0.6 is 0 Å². The van der Waals surface area contributed by atoms with Crippen LogP contribution in [-0.2, 0) is 26.3 Å². The van der Waals surface area contributed by atoms with Crippen LogP contribution in [0.4, 0.5) is 0 Å². The smallest absolute Gasteiger partial charge is 0.309 e. The Balaban J connectivity index is 1.39. The van der Waals surface area contributed by atoms with Crippen LogP contribution < -0.4 is 5.32 Å². The number of nitrogens with one attached hydrogen (secondary N) is 2. The third-order valence-corrected chi connectivity index (χ3v) is 8.41. The van der Waals surface area contributed by atoms with Crippen molar-refractivity contribution >= 4 is 11.9 Å². The van der Waals surface area contributed by atoms with E-state index in [0.717, 1.165) is 11.3 Å². The molecule has 3 aromatic carbocycles. The summed E-state index contributed by atoms with van der Waals surface area (Å²) in [6.45, 7) is 3.67. The minimum atomic E-state index is -0.790. The second-order valence-electron chi connectivity index (χ2n) is 11.5. The number of methoxy groups -OCH3 is 1. The first kappa shape index (κ1) is 29.7.